The highest BCUT2D eigenvalue weighted by Gasteiger charge is 2.31. The van der Waals surface area contributed by atoms with Gasteiger partial charge in [-0.15, -0.1) is 0 Å². The Bertz CT molecular complexity index is 1370. The summed E-state index contributed by atoms with van der Waals surface area (Å²) in [6.45, 7) is 0.474. The minimum absolute atomic E-state index is 0.0905. The maximum atomic E-state index is 13.7. The monoisotopic (exact) mass is 433 g/mol. The zero-order valence-electron chi connectivity index (χ0n) is 16.7. The summed E-state index contributed by atoms with van der Waals surface area (Å²) in [5.74, 6) is -0.222. The molecular weight excluding hydrogens is 414 g/mol. The average molecular weight is 434 g/mol. The maximum Gasteiger partial charge on any atom is 0.279 e. The van der Waals surface area contributed by atoms with Crippen LogP contribution in [0.25, 0.3) is 27.4 Å². The molecule has 1 amide bonds. The lowest BCUT2D eigenvalue weighted by Gasteiger charge is -2.24. The van der Waals surface area contributed by atoms with Crippen molar-refractivity contribution < 1.29 is 9.90 Å². The van der Waals surface area contributed by atoms with Crippen LogP contribution < -0.4 is 5.56 Å². The second kappa shape index (κ2) is 7.80. The number of hydrogen-bond donors (Lipinski definition) is 1. The molecule has 0 spiro atoms. The smallest absolute Gasteiger partial charge is 0.279 e. The molecule has 1 aliphatic rings. The van der Waals surface area contributed by atoms with Crippen molar-refractivity contribution in [3.05, 3.63) is 81.7 Å². The summed E-state index contributed by atoms with van der Waals surface area (Å²) < 4.78 is 1.29. The highest BCUT2D eigenvalue weighted by atomic mass is 35.5. The van der Waals surface area contributed by atoms with Gasteiger partial charge in [-0.05, 0) is 36.6 Å². The molecule has 0 bridgehead atoms. The van der Waals surface area contributed by atoms with Crippen molar-refractivity contribution in [1.82, 2.24) is 14.5 Å². The topological polar surface area (TPSA) is 74.9 Å². The van der Waals surface area contributed by atoms with E-state index in [1.807, 2.05) is 36.4 Å². The average Bonchev–Trinajstić information content (AvgIpc) is 3.28. The standard InChI is InChI=1S/C24H20ClN3O3/c25-17-9-8-16-13-26-28-22(19(16)11-17)21(23(30)27-10-4-7-18(27)14-29)12-20(24(28)31)15-5-2-1-3-6-15/h1-3,5-6,8-9,11-13,18,29H,4,7,10,14H2/t18-/m1/s1. The van der Waals surface area contributed by atoms with E-state index in [9.17, 15) is 14.7 Å². The molecule has 7 heteroatoms. The van der Waals surface area contributed by atoms with Gasteiger partial charge in [0.25, 0.3) is 11.5 Å². The normalized spacial score (nSPS) is 16.3. The number of halogens is 1. The van der Waals surface area contributed by atoms with Gasteiger partial charge in [0.05, 0.1) is 29.9 Å². The lowest BCUT2D eigenvalue weighted by atomic mass is 10.0. The summed E-state index contributed by atoms with van der Waals surface area (Å²) in [7, 11) is 0. The molecule has 1 N–H and O–H groups in total. The van der Waals surface area contributed by atoms with E-state index in [2.05, 4.69) is 5.10 Å². The van der Waals surface area contributed by atoms with Crippen LogP contribution >= 0.6 is 11.6 Å². The van der Waals surface area contributed by atoms with Crippen LogP contribution in [-0.4, -0.2) is 44.7 Å². The van der Waals surface area contributed by atoms with Gasteiger partial charge >= 0.3 is 0 Å². The third-order valence-electron chi connectivity index (χ3n) is 5.93. The van der Waals surface area contributed by atoms with E-state index in [4.69, 9.17) is 11.6 Å². The number of fused-ring (bicyclic) bond motifs is 3. The molecule has 5 rings (SSSR count). The molecular formula is C24H20ClN3O3. The molecule has 3 heterocycles. The summed E-state index contributed by atoms with van der Waals surface area (Å²) in [5.41, 5.74) is 1.61. The van der Waals surface area contributed by atoms with E-state index in [0.717, 1.165) is 18.2 Å². The van der Waals surface area contributed by atoms with Crippen LogP contribution in [-0.2, 0) is 0 Å². The fraction of sp³-hybridized carbons (Fsp3) is 0.208. The fourth-order valence-corrected chi connectivity index (χ4v) is 4.55. The van der Waals surface area contributed by atoms with E-state index in [1.54, 1.807) is 29.3 Å². The quantitative estimate of drug-likeness (QED) is 0.499. The van der Waals surface area contributed by atoms with Gasteiger partial charge in [-0.1, -0.05) is 48.0 Å². The SMILES string of the molecule is O=C(c1cc(-c2ccccc2)c(=O)n2ncc3ccc(Cl)cc3c12)N1CCC[C@@H]1CO. The first kappa shape index (κ1) is 19.7. The van der Waals surface area contributed by atoms with Crippen molar-refractivity contribution in [2.24, 2.45) is 0 Å². The number of pyridine rings is 1. The van der Waals surface area contributed by atoms with Crippen molar-refractivity contribution in [3.8, 4) is 11.1 Å². The minimum atomic E-state index is -0.306. The largest absolute Gasteiger partial charge is 0.394 e. The Morgan fingerprint density at radius 1 is 1.16 bits per heavy atom. The number of aromatic nitrogens is 2. The van der Waals surface area contributed by atoms with Crippen LogP contribution in [0.4, 0.5) is 0 Å². The number of likely N-dealkylation sites (tertiary alicyclic amines) is 1. The Balaban J connectivity index is 1.86. The second-order valence-electron chi connectivity index (χ2n) is 7.76. The Hall–Kier alpha value is -3.22. The van der Waals surface area contributed by atoms with Crippen LogP contribution in [0.15, 0.2) is 65.6 Å². The summed E-state index contributed by atoms with van der Waals surface area (Å²) in [4.78, 5) is 28.8. The first-order chi connectivity index (χ1) is 15.1. The molecule has 0 saturated carbocycles. The highest BCUT2D eigenvalue weighted by molar-refractivity contribution is 6.31. The lowest BCUT2D eigenvalue weighted by molar-refractivity contribution is 0.0679. The second-order valence-corrected chi connectivity index (χ2v) is 8.19. The van der Waals surface area contributed by atoms with Gasteiger partial charge in [0.15, 0.2) is 0 Å². The summed E-state index contributed by atoms with van der Waals surface area (Å²) in [6, 6.07) is 16.0. The van der Waals surface area contributed by atoms with Crippen molar-refractivity contribution in [2.45, 2.75) is 18.9 Å². The Labute approximate surface area is 183 Å². The Morgan fingerprint density at radius 3 is 2.74 bits per heavy atom. The highest BCUT2D eigenvalue weighted by Crippen LogP contribution is 2.29. The van der Waals surface area contributed by atoms with Gasteiger partial charge in [-0.2, -0.15) is 9.61 Å². The van der Waals surface area contributed by atoms with E-state index in [0.29, 0.717) is 39.2 Å². The molecule has 0 aliphatic carbocycles. The number of aliphatic hydroxyl groups excluding tert-OH is 1. The molecule has 6 nitrogen and oxygen atoms in total. The number of aliphatic hydroxyl groups is 1. The number of carbonyl (C=O) groups excluding carboxylic acids is 1. The number of rotatable bonds is 3. The van der Waals surface area contributed by atoms with E-state index in [-0.39, 0.29) is 24.1 Å². The predicted octanol–water partition coefficient (Wildman–Crippen LogP) is 3.77. The van der Waals surface area contributed by atoms with Crippen molar-refractivity contribution >= 4 is 33.8 Å². The van der Waals surface area contributed by atoms with Gasteiger partial charge in [0.2, 0.25) is 0 Å². The number of carbonyl (C=O) groups is 1. The molecule has 1 saturated heterocycles. The fourth-order valence-electron chi connectivity index (χ4n) is 4.37. The molecule has 156 valence electrons. The number of amides is 1. The third-order valence-corrected chi connectivity index (χ3v) is 6.16. The van der Waals surface area contributed by atoms with Gasteiger partial charge in [0.1, 0.15) is 0 Å². The summed E-state index contributed by atoms with van der Waals surface area (Å²) in [5, 5.41) is 16.1. The molecule has 1 fully saturated rings. The van der Waals surface area contributed by atoms with Crippen LogP contribution in [0.1, 0.15) is 23.2 Å². The third kappa shape index (κ3) is 3.28. The molecule has 4 aromatic rings. The number of hydrogen-bond acceptors (Lipinski definition) is 4. The van der Waals surface area contributed by atoms with Gasteiger partial charge in [-0.25, -0.2) is 0 Å². The predicted molar refractivity (Wildman–Crippen MR) is 121 cm³/mol. The first-order valence-corrected chi connectivity index (χ1v) is 10.6. The van der Waals surface area contributed by atoms with Gasteiger partial charge in [0, 0.05) is 27.9 Å². The molecule has 2 aromatic heterocycles. The van der Waals surface area contributed by atoms with Crippen molar-refractivity contribution in [3.63, 3.8) is 0 Å². The van der Waals surface area contributed by atoms with Crippen LogP contribution in [0.5, 0.6) is 0 Å². The zero-order chi connectivity index (χ0) is 21.5. The molecule has 0 radical (unpaired) electrons. The van der Waals surface area contributed by atoms with E-state index in [1.165, 1.54) is 4.52 Å². The molecule has 2 aromatic carbocycles. The van der Waals surface area contributed by atoms with E-state index < -0.39 is 0 Å². The number of nitrogens with zero attached hydrogens (tertiary/aromatic N) is 3. The summed E-state index contributed by atoms with van der Waals surface area (Å²) in [6.07, 6.45) is 3.19. The molecule has 1 atom stereocenters. The van der Waals surface area contributed by atoms with Gasteiger partial charge in [-0.3, -0.25) is 9.59 Å². The number of benzene rings is 2. The Kier molecular flexibility index (Phi) is 4.96. The van der Waals surface area contributed by atoms with Crippen LogP contribution in [0.2, 0.25) is 5.02 Å². The lowest BCUT2D eigenvalue weighted by Crippen LogP contribution is -2.38. The van der Waals surface area contributed by atoms with Crippen molar-refractivity contribution in [2.75, 3.05) is 13.2 Å². The van der Waals surface area contributed by atoms with Gasteiger partial charge < -0.3 is 10.0 Å². The molecule has 31 heavy (non-hydrogen) atoms. The minimum Gasteiger partial charge on any atom is -0.394 e. The molecule has 0 unspecified atom stereocenters. The van der Waals surface area contributed by atoms with Crippen LogP contribution in [0, 0.1) is 0 Å². The van der Waals surface area contributed by atoms with E-state index >= 15 is 0 Å². The zero-order valence-corrected chi connectivity index (χ0v) is 17.4. The first-order valence-electron chi connectivity index (χ1n) is 10.2. The van der Waals surface area contributed by atoms with Crippen molar-refractivity contribution in [1.29, 1.82) is 0 Å². The van der Waals surface area contributed by atoms with Crippen LogP contribution in [0.3, 0.4) is 0 Å². The maximum absolute atomic E-state index is 13.7. The molecule has 1 aliphatic heterocycles. The summed E-state index contributed by atoms with van der Waals surface area (Å²) >= 11 is 6.25. The Morgan fingerprint density at radius 2 is 1.97 bits per heavy atom.